The van der Waals surface area contributed by atoms with Crippen molar-refractivity contribution in [2.75, 3.05) is 5.32 Å². The van der Waals surface area contributed by atoms with Gasteiger partial charge in [-0.05, 0) is 25.8 Å². The van der Waals surface area contributed by atoms with Gasteiger partial charge in [0.1, 0.15) is 11.5 Å². The monoisotopic (exact) mass is 286 g/mol. The van der Waals surface area contributed by atoms with Crippen molar-refractivity contribution >= 4 is 5.95 Å². The van der Waals surface area contributed by atoms with Crippen LogP contribution in [-0.2, 0) is 6.54 Å². The van der Waals surface area contributed by atoms with Crippen LogP contribution in [-0.4, -0.2) is 15.1 Å². The van der Waals surface area contributed by atoms with Gasteiger partial charge < -0.3 is 9.84 Å². The Labute approximate surface area is 125 Å². The zero-order valence-electron chi connectivity index (χ0n) is 12.9. The fraction of sp³-hybridized carbons (Fsp3) is 0.562. The normalized spacial score (nSPS) is 15.2. The maximum absolute atomic E-state index is 5.30. The number of rotatable bonds is 5. The average molecular weight is 286 g/mol. The van der Waals surface area contributed by atoms with Gasteiger partial charge in [-0.1, -0.05) is 25.4 Å². The number of aromatic nitrogens is 3. The zero-order valence-corrected chi connectivity index (χ0v) is 12.9. The Hall–Kier alpha value is -1.91. The Kier molecular flexibility index (Phi) is 3.90. The third-order valence-corrected chi connectivity index (χ3v) is 3.97. The summed E-state index contributed by atoms with van der Waals surface area (Å²) in [6.45, 7) is 6.78. The van der Waals surface area contributed by atoms with E-state index in [4.69, 9.17) is 4.52 Å². The van der Waals surface area contributed by atoms with Gasteiger partial charge >= 0.3 is 0 Å². The van der Waals surface area contributed by atoms with Crippen LogP contribution in [0.25, 0.3) is 0 Å². The maximum Gasteiger partial charge on any atom is 0.223 e. The summed E-state index contributed by atoms with van der Waals surface area (Å²) >= 11 is 0. The lowest BCUT2D eigenvalue weighted by Gasteiger charge is -2.25. The van der Waals surface area contributed by atoms with Crippen LogP contribution in [0.2, 0.25) is 0 Å². The highest BCUT2D eigenvalue weighted by Gasteiger charge is 2.21. The van der Waals surface area contributed by atoms with Gasteiger partial charge in [0, 0.05) is 29.3 Å². The highest BCUT2D eigenvalue weighted by Crippen LogP contribution is 2.35. The summed E-state index contributed by atoms with van der Waals surface area (Å²) in [5, 5.41) is 7.32. The predicted molar refractivity (Wildman–Crippen MR) is 81.3 cm³/mol. The van der Waals surface area contributed by atoms with E-state index in [1.807, 2.05) is 13.0 Å². The first-order valence-corrected chi connectivity index (χ1v) is 7.67. The van der Waals surface area contributed by atoms with E-state index in [0.29, 0.717) is 24.3 Å². The van der Waals surface area contributed by atoms with Gasteiger partial charge in [0.05, 0.1) is 6.54 Å². The quantitative estimate of drug-likeness (QED) is 0.906. The number of anilines is 1. The third-order valence-electron chi connectivity index (χ3n) is 3.97. The van der Waals surface area contributed by atoms with E-state index >= 15 is 0 Å². The van der Waals surface area contributed by atoms with Crippen molar-refractivity contribution in [2.45, 2.75) is 58.4 Å². The lowest BCUT2D eigenvalue weighted by Crippen LogP contribution is -2.13. The summed E-state index contributed by atoms with van der Waals surface area (Å²) in [5.41, 5.74) is 3.06. The maximum atomic E-state index is 5.30. The van der Waals surface area contributed by atoms with Crippen LogP contribution in [0.3, 0.4) is 0 Å². The summed E-state index contributed by atoms with van der Waals surface area (Å²) in [6, 6.07) is 4.09. The molecule has 21 heavy (non-hydrogen) atoms. The molecule has 0 aromatic carbocycles. The molecule has 0 atom stereocenters. The molecule has 2 heterocycles. The van der Waals surface area contributed by atoms with E-state index in [-0.39, 0.29) is 0 Å². The Morgan fingerprint density at radius 2 is 2.10 bits per heavy atom. The molecule has 0 radical (unpaired) electrons. The summed E-state index contributed by atoms with van der Waals surface area (Å²) in [5.74, 6) is 2.57. The van der Waals surface area contributed by atoms with Crippen LogP contribution in [0, 0.1) is 6.92 Å². The molecule has 1 fully saturated rings. The minimum atomic E-state index is 0.353. The zero-order chi connectivity index (χ0) is 14.8. The summed E-state index contributed by atoms with van der Waals surface area (Å²) < 4.78 is 5.30. The first kappa shape index (κ1) is 14.0. The molecule has 2 aromatic heterocycles. The van der Waals surface area contributed by atoms with Crippen molar-refractivity contribution in [3.8, 4) is 0 Å². The lowest BCUT2D eigenvalue weighted by molar-refractivity contribution is 0.366. The Morgan fingerprint density at radius 1 is 1.29 bits per heavy atom. The molecule has 1 saturated carbocycles. The van der Waals surface area contributed by atoms with E-state index in [1.54, 1.807) is 0 Å². The summed E-state index contributed by atoms with van der Waals surface area (Å²) in [6.07, 6.45) is 3.81. The molecule has 0 spiro atoms. The van der Waals surface area contributed by atoms with Gasteiger partial charge in [0.2, 0.25) is 5.95 Å². The predicted octanol–water partition coefficient (Wildman–Crippen LogP) is 3.78. The first-order chi connectivity index (χ1) is 10.1. The molecule has 2 aromatic rings. The van der Waals surface area contributed by atoms with Crippen molar-refractivity contribution in [3.63, 3.8) is 0 Å². The number of nitrogens with one attached hydrogen (secondary N) is 1. The molecule has 1 aliphatic rings. The summed E-state index contributed by atoms with van der Waals surface area (Å²) in [7, 11) is 0. The molecular weight excluding hydrogens is 264 g/mol. The van der Waals surface area contributed by atoms with E-state index in [9.17, 15) is 0 Å². The fourth-order valence-electron chi connectivity index (χ4n) is 2.44. The molecule has 0 saturated heterocycles. The van der Waals surface area contributed by atoms with Crippen molar-refractivity contribution in [1.82, 2.24) is 15.1 Å². The van der Waals surface area contributed by atoms with E-state index in [2.05, 4.69) is 40.4 Å². The van der Waals surface area contributed by atoms with Crippen molar-refractivity contribution in [3.05, 3.63) is 35.0 Å². The minimum absolute atomic E-state index is 0.353. The molecule has 3 rings (SSSR count). The van der Waals surface area contributed by atoms with Gasteiger partial charge in [-0.25, -0.2) is 9.97 Å². The minimum Gasteiger partial charge on any atom is -0.361 e. The van der Waals surface area contributed by atoms with Crippen molar-refractivity contribution in [2.24, 2.45) is 0 Å². The standard InChI is InChI=1S/C16H22N4O/c1-10(2)15-8-13(20-21-15)9-17-16-18-11(3)7-14(19-16)12-5-4-6-12/h7-8,10,12H,4-6,9H2,1-3H3,(H,17,18,19). The van der Waals surface area contributed by atoms with Crippen molar-refractivity contribution in [1.29, 1.82) is 0 Å². The van der Waals surface area contributed by atoms with Crippen LogP contribution in [0.5, 0.6) is 0 Å². The molecule has 0 amide bonds. The number of hydrogen-bond donors (Lipinski definition) is 1. The van der Waals surface area contributed by atoms with Gasteiger partial charge in [0.25, 0.3) is 0 Å². The lowest BCUT2D eigenvalue weighted by atomic mass is 9.83. The number of hydrogen-bond acceptors (Lipinski definition) is 5. The van der Waals surface area contributed by atoms with Crippen LogP contribution in [0.1, 0.15) is 67.8 Å². The topological polar surface area (TPSA) is 63.8 Å². The van der Waals surface area contributed by atoms with Gasteiger partial charge in [-0.15, -0.1) is 0 Å². The van der Waals surface area contributed by atoms with Crippen LogP contribution in [0.4, 0.5) is 5.95 Å². The second kappa shape index (κ2) is 5.84. The van der Waals surface area contributed by atoms with E-state index in [1.165, 1.54) is 25.0 Å². The van der Waals surface area contributed by atoms with Gasteiger partial charge in [-0.2, -0.15) is 0 Å². The van der Waals surface area contributed by atoms with E-state index in [0.717, 1.165) is 17.1 Å². The Morgan fingerprint density at radius 3 is 2.71 bits per heavy atom. The number of aryl methyl sites for hydroxylation is 1. The van der Waals surface area contributed by atoms with Crippen LogP contribution >= 0.6 is 0 Å². The largest absolute Gasteiger partial charge is 0.361 e. The van der Waals surface area contributed by atoms with Crippen molar-refractivity contribution < 1.29 is 4.52 Å². The van der Waals surface area contributed by atoms with Gasteiger partial charge in [-0.3, -0.25) is 0 Å². The molecule has 5 nitrogen and oxygen atoms in total. The van der Waals surface area contributed by atoms with Crippen LogP contribution < -0.4 is 5.32 Å². The molecule has 1 N–H and O–H groups in total. The SMILES string of the molecule is Cc1cc(C2CCC2)nc(NCc2cc(C(C)C)on2)n1. The highest BCUT2D eigenvalue weighted by atomic mass is 16.5. The molecule has 0 aliphatic heterocycles. The Balaban J connectivity index is 1.67. The van der Waals surface area contributed by atoms with E-state index < -0.39 is 0 Å². The summed E-state index contributed by atoms with van der Waals surface area (Å²) in [4.78, 5) is 9.08. The molecular formula is C16H22N4O. The fourth-order valence-corrected chi connectivity index (χ4v) is 2.44. The smallest absolute Gasteiger partial charge is 0.223 e. The second-order valence-corrected chi connectivity index (χ2v) is 6.11. The van der Waals surface area contributed by atoms with Crippen LogP contribution in [0.15, 0.2) is 16.7 Å². The first-order valence-electron chi connectivity index (χ1n) is 7.67. The molecule has 5 heteroatoms. The van der Waals surface area contributed by atoms with Gasteiger partial charge in [0.15, 0.2) is 0 Å². The molecule has 0 bridgehead atoms. The number of nitrogens with zero attached hydrogens (tertiary/aromatic N) is 3. The molecule has 112 valence electrons. The highest BCUT2D eigenvalue weighted by molar-refractivity contribution is 5.30. The third kappa shape index (κ3) is 3.23. The second-order valence-electron chi connectivity index (χ2n) is 6.11. The molecule has 0 unspecified atom stereocenters. The molecule has 1 aliphatic carbocycles. The average Bonchev–Trinajstić information content (AvgIpc) is 2.82. The Bertz CT molecular complexity index is 616.